The SMILES string of the molecule is CCCOc1cccnc1N(C)C(C)c1cccc(N)c1. The Balaban J connectivity index is 2.24. The molecule has 2 rings (SSSR count). The molecule has 0 amide bonds. The third-order valence-electron chi connectivity index (χ3n) is 3.52. The summed E-state index contributed by atoms with van der Waals surface area (Å²) < 4.78 is 5.79. The second-order valence-corrected chi connectivity index (χ2v) is 5.13. The topological polar surface area (TPSA) is 51.4 Å². The normalized spacial score (nSPS) is 12.0. The van der Waals surface area contributed by atoms with E-state index in [1.165, 1.54) is 0 Å². The predicted octanol–water partition coefficient (Wildman–Crippen LogP) is 3.65. The number of rotatable bonds is 6. The minimum absolute atomic E-state index is 0.160. The van der Waals surface area contributed by atoms with Gasteiger partial charge in [-0.2, -0.15) is 0 Å². The van der Waals surface area contributed by atoms with Gasteiger partial charge in [-0.3, -0.25) is 0 Å². The second kappa shape index (κ2) is 6.97. The summed E-state index contributed by atoms with van der Waals surface area (Å²) in [6.07, 6.45) is 2.76. The number of benzene rings is 1. The van der Waals surface area contributed by atoms with Gasteiger partial charge in [0.25, 0.3) is 0 Å². The van der Waals surface area contributed by atoms with Crippen LogP contribution in [0.5, 0.6) is 5.75 Å². The van der Waals surface area contributed by atoms with Crippen LogP contribution in [0.4, 0.5) is 11.5 Å². The molecule has 4 nitrogen and oxygen atoms in total. The first-order valence-corrected chi connectivity index (χ1v) is 7.29. The number of nitrogens with zero attached hydrogens (tertiary/aromatic N) is 2. The zero-order valence-electron chi connectivity index (χ0n) is 12.9. The molecule has 1 unspecified atom stereocenters. The van der Waals surface area contributed by atoms with Gasteiger partial charge in [-0.05, 0) is 43.2 Å². The van der Waals surface area contributed by atoms with Crippen LogP contribution in [0.1, 0.15) is 31.9 Å². The average Bonchev–Trinajstić information content (AvgIpc) is 2.51. The van der Waals surface area contributed by atoms with Crippen LogP contribution in [0.25, 0.3) is 0 Å². The Labute approximate surface area is 126 Å². The number of hydrogen-bond acceptors (Lipinski definition) is 4. The van der Waals surface area contributed by atoms with Crippen LogP contribution in [-0.2, 0) is 0 Å². The highest BCUT2D eigenvalue weighted by molar-refractivity contribution is 5.54. The monoisotopic (exact) mass is 285 g/mol. The number of ether oxygens (including phenoxy) is 1. The minimum Gasteiger partial charge on any atom is -0.490 e. The summed E-state index contributed by atoms with van der Waals surface area (Å²) in [4.78, 5) is 6.58. The molecule has 0 spiro atoms. The van der Waals surface area contributed by atoms with Crippen molar-refractivity contribution in [2.75, 3.05) is 24.3 Å². The van der Waals surface area contributed by atoms with E-state index < -0.39 is 0 Å². The summed E-state index contributed by atoms with van der Waals surface area (Å²) in [6.45, 7) is 4.92. The van der Waals surface area contributed by atoms with Gasteiger partial charge in [-0.15, -0.1) is 0 Å². The Kier molecular flexibility index (Phi) is 5.04. The molecule has 0 aliphatic carbocycles. The van der Waals surface area contributed by atoms with Gasteiger partial charge in [-0.1, -0.05) is 19.1 Å². The lowest BCUT2D eigenvalue weighted by atomic mass is 10.1. The van der Waals surface area contributed by atoms with Crippen LogP contribution in [0.15, 0.2) is 42.6 Å². The molecule has 21 heavy (non-hydrogen) atoms. The molecule has 112 valence electrons. The maximum atomic E-state index is 5.87. The molecule has 4 heteroatoms. The second-order valence-electron chi connectivity index (χ2n) is 5.13. The van der Waals surface area contributed by atoms with Crippen LogP contribution >= 0.6 is 0 Å². The first-order valence-electron chi connectivity index (χ1n) is 7.29. The Morgan fingerprint density at radius 1 is 1.29 bits per heavy atom. The quantitative estimate of drug-likeness (QED) is 0.823. The van der Waals surface area contributed by atoms with Crippen LogP contribution in [0.2, 0.25) is 0 Å². The number of aromatic nitrogens is 1. The molecule has 0 bridgehead atoms. The van der Waals surface area contributed by atoms with Gasteiger partial charge in [0.1, 0.15) is 0 Å². The van der Waals surface area contributed by atoms with Gasteiger partial charge in [-0.25, -0.2) is 4.98 Å². The van der Waals surface area contributed by atoms with E-state index in [0.29, 0.717) is 6.61 Å². The van der Waals surface area contributed by atoms with Crippen molar-refractivity contribution in [2.45, 2.75) is 26.3 Å². The molecule has 0 aliphatic heterocycles. The molecular weight excluding hydrogens is 262 g/mol. The van der Waals surface area contributed by atoms with Crippen LogP contribution in [0.3, 0.4) is 0 Å². The lowest BCUT2D eigenvalue weighted by Gasteiger charge is -2.28. The number of nitrogen functional groups attached to an aromatic ring is 1. The van der Waals surface area contributed by atoms with Gasteiger partial charge in [0.05, 0.1) is 12.6 Å². The van der Waals surface area contributed by atoms with Gasteiger partial charge < -0.3 is 15.4 Å². The largest absolute Gasteiger partial charge is 0.490 e. The molecule has 2 aromatic rings. The summed E-state index contributed by atoms with van der Waals surface area (Å²) in [6, 6.07) is 12.0. The molecule has 2 N–H and O–H groups in total. The third-order valence-corrected chi connectivity index (χ3v) is 3.52. The van der Waals surface area contributed by atoms with Crippen molar-refractivity contribution < 1.29 is 4.74 Å². The first-order chi connectivity index (χ1) is 10.1. The third kappa shape index (κ3) is 3.66. The average molecular weight is 285 g/mol. The van der Waals surface area contributed by atoms with Crippen molar-refractivity contribution in [1.82, 2.24) is 4.98 Å². The van der Waals surface area contributed by atoms with Crippen molar-refractivity contribution in [3.05, 3.63) is 48.2 Å². The molecule has 0 fully saturated rings. The van der Waals surface area contributed by atoms with Crippen molar-refractivity contribution in [3.8, 4) is 5.75 Å². The molecular formula is C17H23N3O. The molecule has 0 saturated heterocycles. The van der Waals surface area contributed by atoms with E-state index in [-0.39, 0.29) is 6.04 Å². The van der Waals surface area contributed by atoms with Crippen molar-refractivity contribution >= 4 is 11.5 Å². The Bertz CT molecular complexity index is 586. The molecule has 1 heterocycles. The van der Waals surface area contributed by atoms with Crippen molar-refractivity contribution in [2.24, 2.45) is 0 Å². The molecule has 0 aliphatic rings. The summed E-state index contributed by atoms with van der Waals surface area (Å²) in [5, 5.41) is 0. The van der Waals surface area contributed by atoms with Gasteiger partial charge in [0.15, 0.2) is 11.6 Å². The molecule has 0 radical (unpaired) electrons. The highest BCUT2D eigenvalue weighted by Crippen LogP contribution is 2.31. The van der Waals surface area contributed by atoms with Crippen molar-refractivity contribution in [3.63, 3.8) is 0 Å². The zero-order chi connectivity index (χ0) is 15.2. The Morgan fingerprint density at radius 3 is 2.81 bits per heavy atom. The summed E-state index contributed by atoms with van der Waals surface area (Å²) >= 11 is 0. The molecule has 1 aromatic carbocycles. The summed E-state index contributed by atoms with van der Waals surface area (Å²) in [5.74, 6) is 1.67. The zero-order valence-corrected chi connectivity index (χ0v) is 12.9. The molecule has 1 atom stereocenters. The predicted molar refractivity (Wildman–Crippen MR) is 87.7 cm³/mol. The number of anilines is 2. The molecule has 0 saturated carbocycles. The standard InChI is InChI=1S/C17H23N3O/c1-4-11-21-16-9-6-10-19-17(16)20(3)13(2)14-7-5-8-15(18)12-14/h5-10,12-13H,4,11,18H2,1-3H3. The number of nitrogens with two attached hydrogens (primary N) is 1. The summed E-state index contributed by atoms with van der Waals surface area (Å²) in [7, 11) is 2.02. The maximum Gasteiger partial charge on any atom is 0.171 e. The fraction of sp³-hybridized carbons (Fsp3) is 0.353. The van der Waals surface area contributed by atoms with Crippen LogP contribution < -0.4 is 15.4 Å². The van der Waals surface area contributed by atoms with Gasteiger partial charge >= 0.3 is 0 Å². The van der Waals surface area contributed by atoms with Crippen LogP contribution in [-0.4, -0.2) is 18.6 Å². The van der Waals surface area contributed by atoms with Gasteiger partial charge in [0.2, 0.25) is 0 Å². The lowest BCUT2D eigenvalue weighted by molar-refractivity contribution is 0.316. The highest BCUT2D eigenvalue weighted by atomic mass is 16.5. The Morgan fingerprint density at radius 2 is 2.10 bits per heavy atom. The van der Waals surface area contributed by atoms with E-state index in [1.54, 1.807) is 6.20 Å². The fourth-order valence-electron chi connectivity index (χ4n) is 2.20. The van der Waals surface area contributed by atoms with E-state index in [4.69, 9.17) is 10.5 Å². The lowest BCUT2D eigenvalue weighted by Crippen LogP contribution is -2.23. The fourth-order valence-corrected chi connectivity index (χ4v) is 2.20. The van der Waals surface area contributed by atoms with E-state index >= 15 is 0 Å². The van der Waals surface area contributed by atoms with E-state index in [0.717, 1.165) is 29.2 Å². The summed E-state index contributed by atoms with van der Waals surface area (Å²) in [5.41, 5.74) is 7.80. The van der Waals surface area contributed by atoms with E-state index in [9.17, 15) is 0 Å². The first kappa shape index (κ1) is 15.2. The number of hydrogen-bond donors (Lipinski definition) is 1. The Hall–Kier alpha value is -2.23. The number of pyridine rings is 1. The van der Waals surface area contributed by atoms with Gasteiger partial charge in [0, 0.05) is 18.9 Å². The maximum absolute atomic E-state index is 5.87. The van der Waals surface area contributed by atoms with E-state index in [2.05, 4.69) is 29.8 Å². The van der Waals surface area contributed by atoms with E-state index in [1.807, 2.05) is 37.4 Å². The van der Waals surface area contributed by atoms with Crippen LogP contribution in [0, 0.1) is 0 Å². The smallest absolute Gasteiger partial charge is 0.171 e. The highest BCUT2D eigenvalue weighted by Gasteiger charge is 2.17. The molecule has 1 aromatic heterocycles. The minimum atomic E-state index is 0.160. The van der Waals surface area contributed by atoms with Crippen molar-refractivity contribution in [1.29, 1.82) is 0 Å².